The third-order valence-electron chi connectivity index (χ3n) is 0.939. The Morgan fingerprint density at radius 2 is 1.92 bits per heavy atom. The quantitative estimate of drug-likeness (QED) is 0.496. The van der Waals surface area contributed by atoms with Crippen LogP contribution in [0, 0.1) is 10.7 Å². The molecule has 6 heteroatoms. The van der Waals surface area contributed by atoms with Crippen LogP contribution < -0.4 is 0 Å². The first-order valence-electron chi connectivity index (χ1n) is 3.57. The summed E-state index contributed by atoms with van der Waals surface area (Å²) in [6.45, 7) is 4.15. The Morgan fingerprint density at radius 3 is 2.25 bits per heavy atom. The Balaban J connectivity index is 4.01. The van der Waals surface area contributed by atoms with Gasteiger partial charge in [0.2, 0.25) is 0 Å². The van der Waals surface area contributed by atoms with Gasteiger partial charge in [-0.1, -0.05) is 0 Å². The Hall–Kier alpha value is -0.01000. The highest BCUT2D eigenvalue weighted by Gasteiger charge is 2.23. The molecule has 0 unspecified atom stereocenters. The Bertz CT molecular complexity index is 193. The lowest BCUT2D eigenvalue weighted by Crippen LogP contribution is -1.97. The molecule has 0 aliphatic rings. The van der Waals surface area contributed by atoms with Gasteiger partial charge in [0.15, 0.2) is 0 Å². The van der Waals surface area contributed by atoms with Gasteiger partial charge in [-0.15, -0.1) is 0 Å². The Morgan fingerprint density at radius 1 is 1.42 bits per heavy atom. The van der Waals surface area contributed by atoms with Crippen molar-refractivity contribution in [2.24, 2.45) is 0 Å². The topological polar surface area (TPSA) is 59.3 Å². The number of rotatable bonds is 6. The highest BCUT2D eigenvalue weighted by molar-refractivity contribution is 8.08. The molecule has 12 heavy (non-hydrogen) atoms. The maximum atomic E-state index is 11.6. The van der Waals surface area contributed by atoms with Gasteiger partial charge in [0.1, 0.15) is 10.9 Å². The number of hydrogen-bond acceptors (Lipinski definition) is 5. The number of thiocyanates is 1. The summed E-state index contributed by atoms with van der Waals surface area (Å²) in [7, 11) is -3.00. The van der Waals surface area contributed by atoms with Crippen molar-refractivity contribution in [3.05, 3.63) is 0 Å². The molecule has 70 valence electrons. The second-order valence-electron chi connectivity index (χ2n) is 1.81. The van der Waals surface area contributed by atoms with Gasteiger partial charge in [0, 0.05) is 0 Å². The summed E-state index contributed by atoms with van der Waals surface area (Å²) in [6, 6.07) is 0. The zero-order valence-corrected chi connectivity index (χ0v) is 8.86. The lowest BCUT2D eigenvalue weighted by atomic mass is 10.9. The summed E-state index contributed by atoms with van der Waals surface area (Å²) in [4.78, 5) is 0. The molecular weight excluding hydrogens is 197 g/mol. The van der Waals surface area contributed by atoms with Gasteiger partial charge < -0.3 is 9.05 Å². The monoisotopic (exact) mass is 209 g/mol. The van der Waals surface area contributed by atoms with Gasteiger partial charge in [0.05, 0.1) is 13.2 Å². The summed E-state index contributed by atoms with van der Waals surface area (Å²) in [5.41, 5.74) is 0.102. The van der Waals surface area contributed by atoms with Gasteiger partial charge in [-0.05, 0) is 25.6 Å². The van der Waals surface area contributed by atoms with Crippen LogP contribution in [0.1, 0.15) is 13.8 Å². The number of hydrogen-bond donors (Lipinski definition) is 0. The maximum absolute atomic E-state index is 11.6. The number of nitrogens with zero attached hydrogens (tertiary/aromatic N) is 1. The van der Waals surface area contributed by atoms with Gasteiger partial charge in [-0.25, -0.2) is 0 Å². The first-order chi connectivity index (χ1) is 5.68. The van der Waals surface area contributed by atoms with Crippen molar-refractivity contribution >= 4 is 19.4 Å². The van der Waals surface area contributed by atoms with Crippen LogP contribution in [-0.4, -0.2) is 18.7 Å². The molecule has 0 aromatic heterocycles. The summed E-state index contributed by atoms with van der Waals surface area (Å²) in [5.74, 6) is 0. The number of thioether (sulfide) groups is 1. The summed E-state index contributed by atoms with van der Waals surface area (Å²) in [5, 5.41) is 10.1. The van der Waals surface area contributed by atoms with Crippen molar-refractivity contribution in [1.82, 2.24) is 0 Å². The average Bonchev–Trinajstić information content (AvgIpc) is 2.02. The summed E-state index contributed by atoms with van der Waals surface area (Å²) < 4.78 is 21.4. The second-order valence-corrected chi connectivity index (χ2v) is 5.05. The van der Waals surface area contributed by atoms with E-state index in [1.54, 1.807) is 13.8 Å². The maximum Gasteiger partial charge on any atom is 0.341 e. The molecule has 0 N–H and O–H groups in total. The minimum Gasteiger partial charge on any atom is -0.308 e. The molecule has 0 aromatic rings. The lowest BCUT2D eigenvalue weighted by molar-refractivity contribution is 0.224. The third kappa shape index (κ3) is 4.78. The summed E-state index contributed by atoms with van der Waals surface area (Å²) in [6.07, 6.45) is 0. The van der Waals surface area contributed by atoms with E-state index in [4.69, 9.17) is 14.3 Å². The Kier molecular flexibility index (Phi) is 6.49. The van der Waals surface area contributed by atoms with E-state index in [1.165, 1.54) is 0 Å². The van der Waals surface area contributed by atoms with Crippen molar-refractivity contribution in [1.29, 1.82) is 5.26 Å². The molecule has 0 saturated heterocycles. The van der Waals surface area contributed by atoms with Crippen molar-refractivity contribution in [2.45, 2.75) is 13.8 Å². The van der Waals surface area contributed by atoms with Crippen LogP contribution >= 0.6 is 19.4 Å². The molecule has 0 spiro atoms. The molecule has 0 atom stereocenters. The molecule has 0 aromatic carbocycles. The minimum absolute atomic E-state index is 0.102. The zero-order valence-electron chi connectivity index (χ0n) is 7.15. The first-order valence-corrected chi connectivity index (χ1v) is 6.29. The fraction of sp³-hybridized carbons (Fsp3) is 0.833. The molecule has 4 nitrogen and oxygen atoms in total. The largest absolute Gasteiger partial charge is 0.341 e. The van der Waals surface area contributed by atoms with Crippen LogP contribution in [0.2, 0.25) is 0 Å². The number of nitriles is 1. The smallest absolute Gasteiger partial charge is 0.308 e. The fourth-order valence-corrected chi connectivity index (χ4v) is 2.93. The summed E-state index contributed by atoms with van der Waals surface area (Å²) >= 11 is 0.887. The highest BCUT2D eigenvalue weighted by Crippen LogP contribution is 2.50. The van der Waals surface area contributed by atoms with Crippen LogP contribution in [0.15, 0.2) is 0 Å². The van der Waals surface area contributed by atoms with Gasteiger partial charge in [0.25, 0.3) is 0 Å². The normalized spacial score (nSPS) is 11.1. The van der Waals surface area contributed by atoms with E-state index in [0.717, 1.165) is 11.8 Å². The van der Waals surface area contributed by atoms with Gasteiger partial charge in [-0.3, -0.25) is 4.57 Å². The average molecular weight is 209 g/mol. The predicted molar refractivity (Wildman–Crippen MR) is 48.9 cm³/mol. The second kappa shape index (κ2) is 6.50. The zero-order chi connectivity index (χ0) is 9.45. The van der Waals surface area contributed by atoms with Crippen LogP contribution in [0.5, 0.6) is 0 Å². The molecule has 0 aliphatic carbocycles. The molecule has 0 rings (SSSR count). The minimum atomic E-state index is -3.00. The highest BCUT2D eigenvalue weighted by atomic mass is 32.2. The molecular formula is C6H12NO3PS. The van der Waals surface area contributed by atoms with Crippen molar-refractivity contribution in [3.8, 4) is 5.40 Å². The lowest BCUT2D eigenvalue weighted by Gasteiger charge is -2.14. The van der Waals surface area contributed by atoms with E-state index < -0.39 is 7.60 Å². The van der Waals surface area contributed by atoms with Gasteiger partial charge in [-0.2, -0.15) is 5.26 Å². The van der Waals surface area contributed by atoms with E-state index in [-0.39, 0.29) is 5.49 Å². The van der Waals surface area contributed by atoms with Crippen LogP contribution in [-0.2, 0) is 13.6 Å². The third-order valence-corrected chi connectivity index (χ3v) is 4.15. The molecule has 0 aliphatic heterocycles. The van der Waals surface area contributed by atoms with Crippen LogP contribution in [0.25, 0.3) is 0 Å². The van der Waals surface area contributed by atoms with E-state index in [0.29, 0.717) is 13.2 Å². The SMILES string of the molecule is CCOP(=O)(CSC#N)OCC. The van der Waals surface area contributed by atoms with Crippen LogP contribution in [0.4, 0.5) is 0 Å². The predicted octanol–water partition coefficient (Wildman–Crippen LogP) is 2.42. The van der Waals surface area contributed by atoms with Crippen molar-refractivity contribution in [3.63, 3.8) is 0 Å². The van der Waals surface area contributed by atoms with Crippen molar-refractivity contribution in [2.75, 3.05) is 18.7 Å². The first kappa shape index (κ1) is 12.0. The fourth-order valence-electron chi connectivity index (χ4n) is 0.613. The van der Waals surface area contributed by atoms with Crippen LogP contribution in [0.3, 0.4) is 0 Å². The Labute approximate surface area is 76.8 Å². The van der Waals surface area contributed by atoms with E-state index in [1.807, 2.05) is 5.40 Å². The molecule has 0 fully saturated rings. The van der Waals surface area contributed by atoms with E-state index >= 15 is 0 Å². The van der Waals surface area contributed by atoms with E-state index in [2.05, 4.69) is 0 Å². The van der Waals surface area contributed by atoms with E-state index in [9.17, 15) is 4.57 Å². The van der Waals surface area contributed by atoms with Gasteiger partial charge >= 0.3 is 7.60 Å². The molecule has 0 amide bonds. The molecule has 0 saturated carbocycles. The molecule has 0 radical (unpaired) electrons. The molecule has 0 heterocycles. The molecule has 0 bridgehead atoms. The van der Waals surface area contributed by atoms with Crippen molar-refractivity contribution < 1.29 is 13.6 Å². The standard InChI is InChI=1S/C6H12NO3PS/c1-3-9-11(8,10-4-2)6-12-5-7/h3-4,6H2,1-2H3.